The van der Waals surface area contributed by atoms with Gasteiger partial charge in [-0.05, 0) is 60.0 Å². The summed E-state index contributed by atoms with van der Waals surface area (Å²) in [5.74, 6) is 2.29. The Hall–Kier alpha value is -3.73. The van der Waals surface area contributed by atoms with E-state index in [9.17, 15) is 5.11 Å². The first-order valence-electron chi connectivity index (χ1n) is 9.84. The van der Waals surface area contributed by atoms with Gasteiger partial charge in [-0.25, -0.2) is 0 Å². The quantitative estimate of drug-likeness (QED) is 0.381. The van der Waals surface area contributed by atoms with Gasteiger partial charge in [0.05, 0.1) is 12.6 Å². The number of fused-ring (bicyclic) bond motifs is 1. The van der Waals surface area contributed by atoms with Gasteiger partial charge in [-0.2, -0.15) is 0 Å². The van der Waals surface area contributed by atoms with E-state index in [1.165, 1.54) is 12.7 Å². The molecule has 5 heteroatoms. The number of aromatic hydroxyl groups is 1. The Morgan fingerprint density at radius 3 is 2.17 bits per heavy atom. The van der Waals surface area contributed by atoms with Crippen molar-refractivity contribution >= 4 is 22.3 Å². The lowest BCUT2D eigenvalue weighted by atomic mass is 10.0. The van der Waals surface area contributed by atoms with Gasteiger partial charge in [-0.15, -0.1) is 0 Å². The Labute approximate surface area is 175 Å². The lowest BCUT2D eigenvalue weighted by molar-refractivity contribution is 0.374. The van der Waals surface area contributed by atoms with Gasteiger partial charge in [0.2, 0.25) is 0 Å². The van der Waals surface area contributed by atoms with Gasteiger partial charge in [-0.3, -0.25) is 4.98 Å². The second-order valence-corrected chi connectivity index (χ2v) is 7.38. The molecule has 0 atom stereocenters. The summed E-state index contributed by atoms with van der Waals surface area (Å²) in [4.78, 5) is 4.29. The Bertz CT molecular complexity index is 1150. The lowest BCUT2D eigenvalue weighted by Gasteiger charge is -2.12. The van der Waals surface area contributed by atoms with Crippen LogP contribution in [0.15, 0.2) is 72.9 Å². The van der Waals surface area contributed by atoms with Gasteiger partial charge >= 0.3 is 0 Å². The van der Waals surface area contributed by atoms with Crippen LogP contribution in [-0.2, 0) is 0 Å². The fourth-order valence-corrected chi connectivity index (χ4v) is 3.24. The summed E-state index contributed by atoms with van der Waals surface area (Å²) in [5, 5.41) is 14.1. The van der Waals surface area contributed by atoms with Gasteiger partial charge in [0.25, 0.3) is 0 Å². The van der Waals surface area contributed by atoms with Crippen molar-refractivity contribution in [3.05, 3.63) is 78.5 Å². The fourth-order valence-electron chi connectivity index (χ4n) is 3.24. The highest BCUT2D eigenvalue weighted by atomic mass is 16.5. The summed E-state index contributed by atoms with van der Waals surface area (Å²) in [5.41, 5.74) is 3.97. The monoisotopic (exact) mass is 400 g/mol. The van der Waals surface area contributed by atoms with Gasteiger partial charge in [0.15, 0.2) is 11.5 Å². The number of aromatic nitrogens is 1. The Balaban J connectivity index is 1.52. The van der Waals surface area contributed by atoms with E-state index in [1.807, 2.05) is 24.3 Å². The molecule has 0 saturated heterocycles. The number of pyridine rings is 1. The molecule has 0 bridgehead atoms. The van der Waals surface area contributed by atoms with Gasteiger partial charge in [0, 0.05) is 29.0 Å². The molecule has 4 aromatic rings. The van der Waals surface area contributed by atoms with Gasteiger partial charge in [-0.1, -0.05) is 26.0 Å². The van der Waals surface area contributed by atoms with Crippen molar-refractivity contribution in [2.24, 2.45) is 0 Å². The molecule has 3 aromatic carbocycles. The molecular weight excluding hydrogens is 376 g/mol. The molecule has 2 N–H and O–H groups in total. The molecule has 0 aliphatic rings. The largest absolute Gasteiger partial charge is 0.504 e. The molecule has 0 aliphatic heterocycles. The van der Waals surface area contributed by atoms with E-state index in [0.29, 0.717) is 28.7 Å². The molecule has 4 rings (SSSR count). The molecule has 0 amide bonds. The maximum atomic E-state index is 9.97. The summed E-state index contributed by atoms with van der Waals surface area (Å²) >= 11 is 0. The Kier molecular flexibility index (Phi) is 5.44. The summed E-state index contributed by atoms with van der Waals surface area (Å²) in [6.45, 7) is 4.37. The van der Waals surface area contributed by atoms with Crippen molar-refractivity contribution in [2.45, 2.75) is 19.8 Å². The normalized spacial score (nSPS) is 10.9. The molecule has 1 aromatic heterocycles. The van der Waals surface area contributed by atoms with Crippen LogP contribution in [0.4, 0.5) is 11.4 Å². The predicted molar refractivity (Wildman–Crippen MR) is 120 cm³/mol. The van der Waals surface area contributed by atoms with E-state index < -0.39 is 0 Å². The topological polar surface area (TPSA) is 63.6 Å². The smallest absolute Gasteiger partial charge is 0.161 e. The van der Waals surface area contributed by atoms with E-state index >= 15 is 0 Å². The van der Waals surface area contributed by atoms with Crippen LogP contribution in [0.25, 0.3) is 10.9 Å². The molecule has 0 unspecified atom stereocenters. The second kappa shape index (κ2) is 8.33. The molecule has 1 heterocycles. The van der Waals surface area contributed by atoms with Crippen LogP contribution in [0.5, 0.6) is 23.0 Å². The molecule has 0 radical (unpaired) electrons. The summed E-state index contributed by atoms with van der Waals surface area (Å²) < 4.78 is 11.3. The highest BCUT2D eigenvalue weighted by Gasteiger charge is 2.10. The number of phenolic OH excluding ortho intramolecular Hbond substituents is 1. The van der Waals surface area contributed by atoms with E-state index in [4.69, 9.17) is 9.47 Å². The minimum atomic E-state index is 0.0477. The van der Waals surface area contributed by atoms with Crippen LogP contribution in [-0.4, -0.2) is 17.2 Å². The van der Waals surface area contributed by atoms with E-state index in [2.05, 4.69) is 48.4 Å². The van der Waals surface area contributed by atoms with Crippen molar-refractivity contribution in [3.8, 4) is 23.0 Å². The second-order valence-electron chi connectivity index (χ2n) is 7.38. The van der Waals surface area contributed by atoms with E-state index in [0.717, 1.165) is 16.8 Å². The number of methoxy groups -OCH3 is 1. The minimum absolute atomic E-state index is 0.0477. The number of hydrogen-bond donors (Lipinski definition) is 2. The van der Waals surface area contributed by atoms with Gasteiger partial charge in [0.1, 0.15) is 11.5 Å². The number of nitrogens with zero attached hydrogens (tertiary/aromatic N) is 1. The molecule has 0 aliphatic carbocycles. The van der Waals surface area contributed by atoms with Crippen LogP contribution in [0.3, 0.4) is 0 Å². The van der Waals surface area contributed by atoms with Crippen molar-refractivity contribution in [1.82, 2.24) is 4.98 Å². The van der Waals surface area contributed by atoms with Crippen molar-refractivity contribution < 1.29 is 14.6 Å². The molecule has 30 heavy (non-hydrogen) atoms. The van der Waals surface area contributed by atoms with Crippen LogP contribution >= 0.6 is 0 Å². The van der Waals surface area contributed by atoms with Gasteiger partial charge < -0.3 is 19.9 Å². The number of anilines is 2. The maximum Gasteiger partial charge on any atom is 0.161 e. The molecule has 0 saturated carbocycles. The third kappa shape index (κ3) is 4.15. The summed E-state index contributed by atoms with van der Waals surface area (Å²) in [6, 6.07) is 21.3. The molecular formula is C25H24N2O3. The summed E-state index contributed by atoms with van der Waals surface area (Å²) in [7, 11) is 1.51. The Morgan fingerprint density at radius 2 is 1.53 bits per heavy atom. The van der Waals surface area contributed by atoms with E-state index in [-0.39, 0.29) is 5.75 Å². The number of benzene rings is 3. The number of phenols is 1. The van der Waals surface area contributed by atoms with Crippen LogP contribution in [0.1, 0.15) is 25.3 Å². The van der Waals surface area contributed by atoms with Crippen molar-refractivity contribution in [3.63, 3.8) is 0 Å². The fraction of sp³-hybridized carbons (Fsp3) is 0.160. The predicted octanol–water partition coefficient (Wildman–Crippen LogP) is 6.61. The number of hydrogen-bond acceptors (Lipinski definition) is 5. The Morgan fingerprint density at radius 1 is 0.867 bits per heavy atom. The average molecular weight is 400 g/mol. The molecule has 0 fully saturated rings. The summed E-state index contributed by atoms with van der Waals surface area (Å²) in [6.07, 6.45) is 1.65. The van der Waals surface area contributed by atoms with Crippen LogP contribution < -0.4 is 14.8 Å². The molecule has 5 nitrogen and oxygen atoms in total. The third-order valence-corrected chi connectivity index (χ3v) is 4.95. The zero-order valence-corrected chi connectivity index (χ0v) is 17.2. The number of rotatable bonds is 6. The van der Waals surface area contributed by atoms with Crippen molar-refractivity contribution in [1.29, 1.82) is 0 Å². The average Bonchev–Trinajstić information content (AvgIpc) is 2.75. The minimum Gasteiger partial charge on any atom is -0.504 e. The zero-order valence-electron chi connectivity index (χ0n) is 17.2. The van der Waals surface area contributed by atoms with Crippen molar-refractivity contribution in [2.75, 3.05) is 12.4 Å². The molecule has 0 spiro atoms. The van der Waals surface area contributed by atoms with E-state index in [1.54, 1.807) is 24.4 Å². The first kappa shape index (κ1) is 19.6. The lowest BCUT2D eigenvalue weighted by Crippen LogP contribution is -1.93. The third-order valence-electron chi connectivity index (χ3n) is 4.95. The van der Waals surface area contributed by atoms with Crippen LogP contribution in [0.2, 0.25) is 0 Å². The highest BCUT2D eigenvalue weighted by Crippen LogP contribution is 2.36. The first-order valence-corrected chi connectivity index (χ1v) is 9.84. The first-order chi connectivity index (χ1) is 14.5. The molecule has 152 valence electrons. The number of ether oxygens (including phenoxy) is 2. The maximum absolute atomic E-state index is 9.97. The zero-order chi connectivity index (χ0) is 21.1. The highest BCUT2D eigenvalue weighted by molar-refractivity contribution is 5.88. The number of nitrogens with one attached hydrogen (secondary N) is 1. The van der Waals surface area contributed by atoms with Crippen LogP contribution in [0, 0.1) is 0 Å². The standard InChI is InChI=1S/C25H24N2O3/c1-16(2)17-4-6-18(7-5-17)27-19-8-10-20(11-9-19)30-24-12-13-26-22-15-23(28)25(29-3)14-21(22)24/h4-16,27-28H,1-3H3. The SMILES string of the molecule is COc1cc2c(Oc3ccc(Nc4ccc(C(C)C)cc4)cc3)ccnc2cc1O.